The molecule has 1 atom stereocenters. The zero-order valence-corrected chi connectivity index (χ0v) is 13.8. The zero-order chi connectivity index (χ0) is 14.2. The summed E-state index contributed by atoms with van der Waals surface area (Å²) in [5.74, 6) is -1.06. The largest absolute Gasteiger partial charge is 0.207 e. The summed E-state index contributed by atoms with van der Waals surface area (Å²) in [6.07, 6.45) is 0. The number of benzene rings is 2. The highest BCUT2D eigenvalue weighted by molar-refractivity contribution is 9.10. The van der Waals surface area contributed by atoms with Crippen LogP contribution in [0.15, 0.2) is 39.3 Å². The lowest BCUT2D eigenvalue weighted by atomic mass is 9.99. The van der Waals surface area contributed by atoms with Crippen LogP contribution >= 0.6 is 43.5 Å². The highest BCUT2D eigenvalue weighted by Gasteiger charge is 2.19. The van der Waals surface area contributed by atoms with Gasteiger partial charge in [-0.15, -0.1) is 11.6 Å². The van der Waals surface area contributed by atoms with Crippen molar-refractivity contribution in [3.05, 3.63) is 67.6 Å². The molecule has 0 fully saturated rings. The summed E-state index contributed by atoms with van der Waals surface area (Å²) in [5.41, 5.74) is 1.80. The summed E-state index contributed by atoms with van der Waals surface area (Å²) in [5, 5.41) is -0.726. The van der Waals surface area contributed by atoms with Gasteiger partial charge in [0.2, 0.25) is 0 Å². The van der Waals surface area contributed by atoms with Gasteiger partial charge in [0.1, 0.15) is 11.6 Å². The maximum atomic E-state index is 13.9. The van der Waals surface area contributed by atoms with Gasteiger partial charge < -0.3 is 0 Å². The Bertz CT molecular complexity index is 629. The van der Waals surface area contributed by atoms with E-state index in [1.165, 1.54) is 0 Å². The summed E-state index contributed by atoms with van der Waals surface area (Å²) in [7, 11) is 0. The van der Waals surface area contributed by atoms with Gasteiger partial charge in [0.25, 0.3) is 0 Å². The fourth-order valence-corrected chi connectivity index (χ4v) is 3.03. The fourth-order valence-electron chi connectivity index (χ4n) is 1.82. The second kappa shape index (κ2) is 5.90. The maximum absolute atomic E-state index is 13.9. The molecule has 2 rings (SSSR count). The van der Waals surface area contributed by atoms with Gasteiger partial charge in [-0.05, 0) is 58.2 Å². The third-order valence-electron chi connectivity index (χ3n) is 2.82. The molecule has 0 aliphatic rings. The molecule has 0 N–H and O–H groups in total. The number of rotatable bonds is 2. The molecule has 0 heterocycles. The first-order valence-electron chi connectivity index (χ1n) is 5.44. The van der Waals surface area contributed by atoms with Crippen LogP contribution in [0.25, 0.3) is 0 Å². The third kappa shape index (κ3) is 3.18. The molecule has 5 heteroatoms. The van der Waals surface area contributed by atoms with Crippen molar-refractivity contribution >= 4 is 43.5 Å². The average molecular weight is 410 g/mol. The van der Waals surface area contributed by atoms with Crippen molar-refractivity contribution in [2.75, 3.05) is 0 Å². The Morgan fingerprint density at radius 1 is 1.00 bits per heavy atom. The summed E-state index contributed by atoms with van der Waals surface area (Å²) >= 11 is 12.6. The monoisotopic (exact) mass is 408 g/mol. The number of aryl methyl sites for hydroxylation is 1. The minimum atomic E-state index is -0.726. The van der Waals surface area contributed by atoms with Crippen LogP contribution in [0.5, 0.6) is 0 Å². The Kier molecular flexibility index (Phi) is 4.64. The van der Waals surface area contributed by atoms with Crippen LogP contribution in [0.2, 0.25) is 0 Å². The van der Waals surface area contributed by atoms with E-state index in [2.05, 4.69) is 31.9 Å². The van der Waals surface area contributed by atoms with Crippen LogP contribution in [-0.2, 0) is 0 Å². The molecule has 0 aromatic heterocycles. The van der Waals surface area contributed by atoms with Crippen molar-refractivity contribution in [3.63, 3.8) is 0 Å². The molecule has 0 spiro atoms. The van der Waals surface area contributed by atoms with Crippen LogP contribution in [-0.4, -0.2) is 0 Å². The van der Waals surface area contributed by atoms with Gasteiger partial charge in [0.05, 0.1) is 9.85 Å². The van der Waals surface area contributed by atoms with E-state index in [4.69, 9.17) is 11.6 Å². The molecule has 0 radical (unpaired) electrons. The molecule has 0 amide bonds. The van der Waals surface area contributed by atoms with E-state index in [-0.39, 0.29) is 10.0 Å². The molecule has 2 aromatic rings. The minimum absolute atomic E-state index is 0.0881. The van der Waals surface area contributed by atoms with Crippen LogP contribution in [0.3, 0.4) is 0 Å². The topological polar surface area (TPSA) is 0 Å². The Balaban J connectivity index is 2.49. The lowest BCUT2D eigenvalue weighted by Gasteiger charge is -2.15. The first-order valence-corrected chi connectivity index (χ1v) is 7.47. The molecular weight excluding hydrogens is 401 g/mol. The standard InChI is InChI=1S/C14H9Br2ClF2/c1-7-4-8(15)2-3-9(7)14(17)10-5-13(19)11(16)6-12(10)18/h2-6,14H,1H3. The Morgan fingerprint density at radius 2 is 1.68 bits per heavy atom. The third-order valence-corrected chi connectivity index (χ3v) is 4.39. The van der Waals surface area contributed by atoms with Crippen LogP contribution < -0.4 is 0 Å². The molecule has 1 unspecified atom stereocenters. The first kappa shape index (κ1) is 14.9. The van der Waals surface area contributed by atoms with E-state index in [1.807, 2.05) is 19.1 Å². The number of alkyl halides is 1. The summed E-state index contributed by atoms with van der Waals surface area (Å²) in [6, 6.07) is 7.73. The van der Waals surface area contributed by atoms with E-state index < -0.39 is 17.0 Å². The molecular formula is C14H9Br2ClF2. The summed E-state index contributed by atoms with van der Waals surface area (Å²) in [4.78, 5) is 0. The van der Waals surface area contributed by atoms with Crippen LogP contribution in [0.4, 0.5) is 8.78 Å². The highest BCUT2D eigenvalue weighted by Crippen LogP contribution is 2.35. The van der Waals surface area contributed by atoms with Crippen molar-refractivity contribution in [1.29, 1.82) is 0 Å². The lowest BCUT2D eigenvalue weighted by Crippen LogP contribution is -2.01. The van der Waals surface area contributed by atoms with Crippen molar-refractivity contribution in [1.82, 2.24) is 0 Å². The van der Waals surface area contributed by atoms with E-state index >= 15 is 0 Å². The quantitative estimate of drug-likeness (QED) is 0.413. The zero-order valence-electron chi connectivity index (χ0n) is 9.85. The van der Waals surface area contributed by atoms with Crippen molar-refractivity contribution < 1.29 is 8.78 Å². The van der Waals surface area contributed by atoms with Gasteiger partial charge >= 0.3 is 0 Å². The maximum Gasteiger partial charge on any atom is 0.137 e. The molecule has 0 aliphatic carbocycles. The van der Waals surface area contributed by atoms with Gasteiger partial charge in [0.15, 0.2) is 0 Å². The van der Waals surface area contributed by atoms with Crippen molar-refractivity contribution in [2.24, 2.45) is 0 Å². The Morgan fingerprint density at radius 3 is 2.32 bits per heavy atom. The Hall–Kier alpha value is -0.450. The SMILES string of the molecule is Cc1cc(Br)ccc1C(Cl)c1cc(F)c(Br)cc1F. The molecule has 19 heavy (non-hydrogen) atoms. The first-order chi connectivity index (χ1) is 8.90. The molecule has 2 aromatic carbocycles. The Labute approximate surface area is 132 Å². The summed E-state index contributed by atoms with van der Waals surface area (Å²) in [6.45, 7) is 1.88. The van der Waals surface area contributed by atoms with Crippen LogP contribution in [0.1, 0.15) is 22.1 Å². The van der Waals surface area contributed by atoms with E-state index in [9.17, 15) is 8.78 Å². The average Bonchev–Trinajstić information content (AvgIpc) is 2.33. The van der Waals surface area contributed by atoms with Gasteiger partial charge in [-0.25, -0.2) is 8.78 Å². The predicted molar refractivity (Wildman–Crippen MR) is 80.6 cm³/mol. The number of halogens is 5. The molecule has 0 bridgehead atoms. The van der Waals surface area contributed by atoms with E-state index in [0.29, 0.717) is 0 Å². The summed E-state index contributed by atoms with van der Waals surface area (Å²) < 4.78 is 28.4. The van der Waals surface area contributed by atoms with Gasteiger partial charge in [0, 0.05) is 10.0 Å². The predicted octanol–water partition coefficient (Wildman–Crippen LogP) is 6.13. The number of hydrogen-bond donors (Lipinski definition) is 0. The second-order valence-corrected chi connectivity index (χ2v) is 6.36. The molecule has 0 saturated carbocycles. The van der Waals surface area contributed by atoms with E-state index in [1.54, 1.807) is 6.07 Å². The second-order valence-electron chi connectivity index (χ2n) is 4.15. The number of hydrogen-bond acceptors (Lipinski definition) is 0. The highest BCUT2D eigenvalue weighted by atomic mass is 79.9. The van der Waals surface area contributed by atoms with Crippen LogP contribution in [0, 0.1) is 18.6 Å². The molecule has 0 nitrogen and oxygen atoms in total. The normalized spacial score (nSPS) is 12.5. The van der Waals surface area contributed by atoms with Gasteiger partial charge in [-0.3, -0.25) is 0 Å². The fraction of sp³-hybridized carbons (Fsp3) is 0.143. The van der Waals surface area contributed by atoms with Gasteiger partial charge in [-0.1, -0.05) is 22.0 Å². The molecule has 0 saturated heterocycles. The minimum Gasteiger partial charge on any atom is -0.207 e. The molecule has 0 aliphatic heterocycles. The van der Waals surface area contributed by atoms with E-state index in [0.717, 1.165) is 27.7 Å². The van der Waals surface area contributed by atoms with Gasteiger partial charge in [-0.2, -0.15) is 0 Å². The molecule has 100 valence electrons. The van der Waals surface area contributed by atoms with Crippen molar-refractivity contribution in [3.8, 4) is 0 Å². The lowest BCUT2D eigenvalue weighted by molar-refractivity contribution is 0.582. The van der Waals surface area contributed by atoms with Crippen molar-refractivity contribution in [2.45, 2.75) is 12.3 Å². The smallest absolute Gasteiger partial charge is 0.137 e.